The Morgan fingerprint density at radius 1 is 1.25 bits per heavy atom. The van der Waals surface area contributed by atoms with Crippen molar-refractivity contribution in [3.05, 3.63) is 75.6 Å². The van der Waals surface area contributed by atoms with Gasteiger partial charge in [0.15, 0.2) is 5.60 Å². The minimum absolute atomic E-state index is 0.0278. The van der Waals surface area contributed by atoms with Crippen LogP contribution in [-0.2, 0) is 16.9 Å². The van der Waals surface area contributed by atoms with Gasteiger partial charge in [0.1, 0.15) is 5.82 Å². The smallest absolute Gasteiger partial charge is 0.411 e. The van der Waals surface area contributed by atoms with Crippen LogP contribution in [0.3, 0.4) is 0 Å². The molecule has 0 aromatic heterocycles. The SMILES string of the molecule is CC1(c2ccccc2F)CN(Cc2ccccc2[N+](=O)[O-])C(=O)O1. The van der Waals surface area contributed by atoms with Gasteiger partial charge in [0.05, 0.1) is 18.0 Å². The third-order valence-electron chi connectivity index (χ3n) is 4.06. The van der Waals surface area contributed by atoms with Crippen molar-refractivity contribution in [1.29, 1.82) is 0 Å². The number of nitro benzene ring substituents is 1. The van der Waals surface area contributed by atoms with Crippen molar-refractivity contribution in [3.63, 3.8) is 0 Å². The molecule has 0 N–H and O–H groups in total. The number of carbonyl (C=O) groups excluding carboxylic acids is 1. The van der Waals surface area contributed by atoms with Crippen LogP contribution in [0.4, 0.5) is 14.9 Å². The molecule has 0 aliphatic carbocycles. The third kappa shape index (κ3) is 2.80. The van der Waals surface area contributed by atoms with Crippen LogP contribution in [0.15, 0.2) is 48.5 Å². The normalized spacial score (nSPS) is 20.1. The maximum atomic E-state index is 14.0. The van der Waals surface area contributed by atoms with Crippen LogP contribution in [0.1, 0.15) is 18.1 Å². The van der Waals surface area contributed by atoms with E-state index in [0.29, 0.717) is 5.56 Å². The molecule has 0 saturated carbocycles. The van der Waals surface area contributed by atoms with E-state index < -0.39 is 22.4 Å². The highest BCUT2D eigenvalue weighted by Gasteiger charge is 2.44. The number of halogens is 1. The van der Waals surface area contributed by atoms with Crippen LogP contribution in [0.25, 0.3) is 0 Å². The zero-order valence-electron chi connectivity index (χ0n) is 12.9. The summed E-state index contributed by atoms with van der Waals surface area (Å²) in [7, 11) is 0. The number of nitro groups is 1. The number of rotatable bonds is 4. The van der Waals surface area contributed by atoms with Gasteiger partial charge < -0.3 is 4.74 Å². The molecule has 6 nitrogen and oxygen atoms in total. The molecule has 24 heavy (non-hydrogen) atoms. The van der Waals surface area contributed by atoms with Crippen LogP contribution < -0.4 is 0 Å². The van der Waals surface area contributed by atoms with Crippen molar-refractivity contribution in [2.45, 2.75) is 19.1 Å². The lowest BCUT2D eigenvalue weighted by molar-refractivity contribution is -0.385. The first kappa shape index (κ1) is 15.9. The molecule has 1 saturated heterocycles. The molecule has 7 heteroatoms. The van der Waals surface area contributed by atoms with Crippen molar-refractivity contribution in [2.24, 2.45) is 0 Å². The number of nitrogens with zero attached hydrogens (tertiary/aromatic N) is 2. The van der Waals surface area contributed by atoms with Crippen LogP contribution in [0.5, 0.6) is 0 Å². The standard InChI is InChI=1S/C17H15FN2O4/c1-17(13-7-3-4-8-14(13)18)11-19(16(21)24-17)10-12-6-2-5-9-15(12)20(22)23/h2-9H,10-11H2,1H3. The van der Waals surface area contributed by atoms with E-state index in [9.17, 15) is 19.3 Å². The Hall–Kier alpha value is -2.96. The molecule has 0 radical (unpaired) electrons. The lowest BCUT2D eigenvalue weighted by Crippen LogP contribution is -2.30. The molecule has 2 aromatic carbocycles. The first-order valence-electron chi connectivity index (χ1n) is 7.36. The summed E-state index contributed by atoms with van der Waals surface area (Å²) in [6.07, 6.45) is -0.626. The highest BCUT2D eigenvalue weighted by atomic mass is 19.1. The predicted octanol–water partition coefficient (Wildman–Crippen LogP) is 3.60. The summed E-state index contributed by atoms with van der Waals surface area (Å²) >= 11 is 0. The molecule has 1 fully saturated rings. The third-order valence-corrected chi connectivity index (χ3v) is 4.06. The number of hydrogen-bond donors (Lipinski definition) is 0. The van der Waals surface area contributed by atoms with E-state index in [1.54, 1.807) is 43.3 Å². The summed E-state index contributed by atoms with van der Waals surface area (Å²) in [6, 6.07) is 12.3. The van der Waals surface area contributed by atoms with Crippen LogP contribution in [0, 0.1) is 15.9 Å². The highest BCUT2D eigenvalue weighted by molar-refractivity contribution is 5.71. The zero-order valence-corrected chi connectivity index (χ0v) is 12.9. The topological polar surface area (TPSA) is 72.7 Å². The molecule has 1 atom stereocenters. The van der Waals surface area contributed by atoms with Crippen LogP contribution in [-0.4, -0.2) is 22.5 Å². The number of ether oxygens (including phenoxy) is 1. The average molecular weight is 330 g/mol. The van der Waals surface area contributed by atoms with Gasteiger partial charge in [0.25, 0.3) is 5.69 Å². The minimum atomic E-state index is -1.13. The summed E-state index contributed by atoms with van der Waals surface area (Å²) < 4.78 is 19.4. The van der Waals surface area contributed by atoms with Crippen molar-refractivity contribution >= 4 is 11.8 Å². The molecule has 1 heterocycles. The molecule has 124 valence electrons. The second-order valence-electron chi connectivity index (χ2n) is 5.82. The number of carbonyl (C=O) groups is 1. The second-order valence-corrected chi connectivity index (χ2v) is 5.82. The van der Waals surface area contributed by atoms with Gasteiger partial charge in [0, 0.05) is 17.2 Å². The van der Waals surface area contributed by atoms with E-state index in [2.05, 4.69) is 0 Å². The van der Waals surface area contributed by atoms with Crippen molar-refractivity contribution in [3.8, 4) is 0 Å². The van der Waals surface area contributed by atoms with Crippen LogP contribution in [0.2, 0.25) is 0 Å². The fourth-order valence-electron chi connectivity index (χ4n) is 2.90. The molecule has 3 rings (SSSR count). The Bertz CT molecular complexity index is 811. The molecule has 1 aliphatic heterocycles. The highest BCUT2D eigenvalue weighted by Crippen LogP contribution is 2.35. The average Bonchev–Trinajstić information content (AvgIpc) is 2.83. The second kappa shape index (κ2) is 5.92. The van der Waals surface area contributed by atoms with Crippen molar-refractivity contribution in [2.75, 3.05) is 6.54 Å². The van der Waals surface area contributed by atoms with Gasteiger partial charge in [-0.1, -0.05) is 36.4 Å². The summed E-state index contributed by atoms with van der Waals surface area (Å²) in [4.78, 5) is 24.1. The van der Waals surface area contributed by atoms with Gasteiger partial charge in [-0.05, 0) is 13.0 Å². The lowest BCUT2D eigenvalue weighted by Gasteiger charge is -2.22. The largest absolute Gasteiger partial charge is 0.436 e. The summed E-state index contributed by atoms with van der Waals surface area (Å²) in [5, 5.41) is 11.1. The summed E-state index contributed by atoms with van der Waals surface area (Å²) in [5.74, 6) is -0.458. The Morgan fingerprint density at radius 2 is 1.92 bits per heavy atom. The van der Waals surface area contributed by atoms with E-state index in [-0.39, 0.29) is 24.3 Å². The maximum absolute atomic E-state index is 14.0. The first-order valence-corrected chi connectivity index (χ1v) is 7.36. The Kier molecular flexibility index (Phi) is 3.92. The predicted molar refractivity (Wildman–Crippen MR) is 83.7 cm³/mol. The van der Waals surface area contributed by atoms with E-state index in [4.69, 9.17) is 4.74 Å². The van der Waals surface area contributed by atoms with Gasteiger partial charge in [-0.2, -0.15) is 0 Å². The number of para-hydroxylation sites is 1. The molecular weight excluding hydrogens is 315 g/mol. The lowest BCUT2D eigenvalue weighted by atomic mass is 9.95. The Balaban J connectivity index is 1.86. The Labute approximate surface area is 137 Å². The number of hydrogen-bond acceptors (Lipinski definition) is 4. The van der Waals surface area contributed by atoms with Gasteiger partial charge in [-0.25, -0.2) is 9.18 Å². The number of amides is 1. The molecule has 2 aromatic rings. The zero-order chi connectivity index (χ0) is 17.3. The van der Waals surface area contributed by atoms with E-state index in [0.717, 1.165) is 0 Å². The van der Waals surface area contributed by atoms with Crippen molar-refractivity contribution < 1.29 is 18.8 Å². The van der Waals surface area contributed by atoms with Crippen LogP contribution >= 0.6 is 0 Å². The first-order chi connectivity index (χ1) is 11.4. The van der Waals surface area contributed by atoms with E-state index in [1.807, 2.05) is 0 Å². The minimum Gasteiger partial charge on any atom is -0.436 e. The molecular formula is C17H15FN2O4. The molecule has 1 unspecified atom stereocenters. The summed E-state index contributed by atoms with van der Waals surface area (Å²) in [5.41, 5.74) is -0.517. The fraction of sp³-hybridized carbons (Fsp3) is 0.235. The number of benzene rings is 2. The quantitative estimate of drug-likeness (QED) is 0.634. The molecule has 1 aliphatic rings. The van der Waals surface area contributed by atoms with Gasteiger partial charge in [-0.3, -0.25) is 15.0 Å². The maximum Gasteiger partial charge on any atom is 0.411 e. The molecule has 0 bridgehead atoms. The van der Waals surface area contributed by atoms with Crippen molar-refractivity contribution in [1.82, 2.24) is 4.90 Å². The monoisotopic (exact) mass is 330 g/mol. The number of cyclic esters (lactones) is 1. The summed E-state index contributed by atoms with van der Waals surface area (Å²) in [6.45, 7) is 1.77. The van der Waals surface area contributed by atoms with Gasteiger partial charge >= 0.3 is 6.09 Å². The van der Waals surface area contributed by atoms with Gasteiger partial charge in [-0.15, -0.1) is 0 Å². The Morgan fingerprint density at radius 3 is 2.62 bits per heavy atom. The van der Waals surface area contributed by atoms with Gasteiger partial charge in [0.2, 0.25) is 0 Å². The molecule has 0 spiro atoms. The van der Waals surface area contributed by atoms with E-state index in [1.165, 1.54) is 17.0 Å². The fourth-order valence-corrected chi connectivity index (χ4v) is 2.90. The molecule has 1 amide bonds. The van der Waals surface area contributed by atoms with E-state index >= 15 is 0 Å².